The fourth-order valence-electron chi connectivity index (χ4n) is 2.77. The van der Waals surface area contributed by atoms with E-state index in [0.29, 0.717) is 18.8 Å². The third-order valence-corrected chi connectivity index (χ3v) is 3.69. The molecule has 116 valence electrons. The first-order valence-corrected chi connectivity index (χ1v) is 6.99. The Bertz CT molecular complexity index is 524. The summed E-state index contributed by atoms with van der Waals surface area (Å²) < 4.78 is 14.1. The van der Waals surface area contributed by atoms with Gasteiger partial charge in [-0.15, -0.1) is 0 Å². The van der Waals surface area contributed by atoms with E-state index in [4.69, 9.17) is 0 Å². The molecule has 21 heavy (non-hydrogen) atoms. The molecule has 1 N–H and O–H groups in total. The second-order valence-corrected chi connectivity index (χ2v) is 5.54. The molecule has 0 aliphatic carbocycles. The number of aliphatic hydroxyl groups excluding tert-OH is 1. The zero-order chi connectivity index (χ0) is 15.6. The molecule has 2 unspecified atom stereocenters. The van der Waals surface area contributed by atoms with E-state index in [1.54, 1.807) is 6.92 Å². The Balaban J connectivity index is 2.11. The molecule has 1 aliphatic rings. The van der Waals surface area contributed by atoms with Gasteiger partial charge in [0.2, 0.25) is 0 Å². The topological polar surface area (TPSA) is 69.8 Å². The van der Waals surface area contributed by atoms with Gasteiger partial charge >= 0.3 is 0 Å². The lowest BCUT2D eigenvalue weighted by Gasteiger charge is -2.41. The Labute approximate surface area is 122 Å². The molecule has 0 amide bonds. The van der Waals surface area contributed by atoms with Crippen LogP contribution in [0.5, 0.6) is 0 Å². The van der Waals surface area contributed by atoms with Crippen molar-refractivity contribution in [1.29, 1.82) is 0 Å². The van der Waals surface area contributed by atoms with Gasteiger partial charge in [0.25, 0.3) is 5.69 Å². The van der Waals surface area contributed by atoms with Gasteiger partial charge in [-0.2, -0.15) is 0 Å². The second-order valence-electron chi connectivity index (χ2n) is 5.54. The van der Waals surface area contributed by atoms with Gasteiger partial charge < -0.3 is 10.0 Å². The summed E-state index contributed by atoms with van der Waals surface area (Å²) in [4.78, 5) is 14.1. The third-order valence-electron chi connectivity index (χ3n) is 3.69. The van der Waals surface area contributed by atoms with Gasteiger partial charge in [0.15, 0.2) is 5.82 Å². The number of hydrogen-bond acceptors (Lipinski definition) is 5. The molecule has 2 rings (SSSR count). The van der Waals surface area contributed by atoms with Crippen LogP contribution in [0, 0.1) is 15.9 Å². The Morgan fingerprint density at radius 1 is 1.52 bits per heavy atom. The molecule has 6 nitrogen and oxygen atoms in total. The Morgan fingerprint density at radius 2 is 2.24 bits per heavy atom. The lowest BCUT2D eigenvalue weighted by molar-refractivity contribution is -0.385. The molecule has 0 aromatic heterocycles. The van der Waals surface area contributed by atoms with E-state index in [9.17, 15) is 19.6 Å². The molecule has 0 bridgehead atoms. The van der Waals surface area contributed by atoms with Gasteiger partial charge in [-0.3, -0.25) is 15.0 Å². The van der Waals surface area contributed by atoms with E-state index in [2.05, 4.69) is 4.90 Å². The first kappa shape index (κ1) is 15.7. The van der Waals surface area contributed by atoms with Crippen molar-refractivity contribution < 1.29 is 14.4 Å². The summed E-state index contributed by atoms with van der Waals surface area (Å²) in [5.41, 5.74) is 0.154. The molecule has 1 heterocycles. The lowest BCUT2D eigenvalue weighted by atomic mass is 10.1. The van der Waals surface area contributed by atoms with Gasteiger partial charge in [0.1, 0.15) is 0 Å². The largest absolute Gasteiger partial charge is 0.392 e. The quantitative estimate of drug-likeness (QED) is 0.675. The summed E-state index contributed by atoms with van der Waals surface area (Å²) in [7, 11) is 0. The average Bonchev–Trinajstić information content (AvgIpc) is 2.38. The van der Waals surface area contributed by atoms with E-state index < -0.39 is 10.7 Å². The normalized spacial score (nSPS) is 21.3. The van der Waals surface area contributed by atoms with Crippen LogP contribution in [0.4, 0.5) is 15.8 Å². The lowest BCUT2D eigenvalue weighted by Crippen LogP contribution is -2.53. The maximum absolute atomic E-state index is 14.1. The molecular weight excluding hydrogens is 277 g/mol. The van der Waals surface area contributed by atoms with E-state index in [1.165, 1.54) is 12.1 Å². The summed E-state index contributed by atoms with van der Waals surface area (Å²) in [5.74, 6) is -0.569. The van der Waals surface area contributed by atoms with Crippen LogP contribution >= 0.6 is 0 Å². The van der Waals surface area contributed by atoms with Crippen LogP contribution in [0.1, 0.15) is 13.8 Å². The van der Waals surface area contributed by atoms with E-state index in [-0.39, 0.29) is 17.8 Å². The molecule has 1 fully saturated rings. The minimum Gasteiger partial charge on any atom is -0.392 e. The highest BCUT2D eigenvalue weighted by molar-refractivity contribution is 5.53. The van der Waals surface area contributed by atoms with Crippen LogP contribution in [-0.4, -0.2) is 53.3 Å². The van der Waals surface area contributed by atoms with Crippen molar-refractivity contribution in [3.63, 3.8) is 0 Å². The van der Waals surface area contributed by atoms with Gasteiger partial charge in [-0.05, 0) is 19.9 Å². The maximum Gasteiger partial charge on any atom is 0.272 e. The minimum atomic E-state index is -0.600. The molecule has 0 radical (unpaired) electrons. The fourth-order valence-corrected chi connectivity index (χ4v) is 2.77. The molecule has 1 aromatic rings. The highest BCUT2D eigenvalue weighted by Crippen LogP contribution is 2.27. The molecule has 0 saturated carbocycles. The number of halogens is 1. The molecular formula is C14H20FN3O3. The highest BCUT2D eigenvalue weighted by atomic mass is 19.1. The molecule has 1 aliphatic heterocycles. The highest BCUT2D eigenvalue weighted by Gasteiger charge is 2.26. The summed E-state index contributed by atoms with van der Waals surface area (Å²) in [6.07, 6.45) is -0.389. The third kappa shape index (κ3) is 3.68. The van der Waals surface area contributed by atoms with E-state index in [0.717, 1.165) is 19.2 Å². The van der Waals surface area contributed by atoms with Crippen molar-refractivity contribution in [2.45, 2.75) is 26.0 Å². The summed E-state index contributed by atoms with van der Waals surface area (Å²) >= 11 is 0. The van der Waals surface area contributed by atoms with Crippen LogP contribution in [0.25, 0.3) is 0 Å². The maximum atomic E-state index is 14.1. The molecule has 7 heteroatoms. The number of nitro benzene ring substituents is 1. The standard InChI is InChI=1S/C14H20FN3O3/c1-10-8-16(9-11(2)19)5-6-17(10)14-4-3-12(18(20)21)7-13(14)15/h3-4,7,10-11,19H,5-6,8-9H2,1-2H3. The van der Waals surface area contributed by atoms with Crippen LogP contribution in [0.3, 0.4) is 0 Å². The smallest absolute Gasteiger partial charge is 0.272 e. The average molecular weight is 297 g/mol. The Hall–Kier alpha value is -1.73. The predicted molar refractivity (Wildman–Crippen MR) is 78.0 cm³/mol. The van der Waals surface area contributed by atoms with Crippen molar-refractivity contribution >= 4 is 11.4 Å². The number of β-amino-alcohol motifs (C(OH)–C–C–N with tert-alkyl or cyclic N) is 1. The van der Waals surface area contributed by atoms with Crippen molar-refractivity contribution in [3.05, 3.63) is 34.1 Å². The Kier molecular flexibility index (Phi) is 4.74. The van der Waals surface area contributed by atoms with Crippen LogP contribution in [0.2, 0.25) is 0 Å². The monoisotopic (exact) mass is 297 g/mol. The van der Waals surface area contributed by atoms with Crippen LogP contribution < -0.4 is 4.90 Å². The van der Waals surface area contributed by atoms with Gasteiger partial charge in [0, 0.05) is 38.3 Å². The van der Waals surface area contributed by atoms with E-state index in [1.807, 2.05) is 11.8 Å². The number of nitrogens with zero attached hydrogens (tertiary/aromatic N) is 3. The number of non-ortho nitro benzene ring substituents is 1. The number of rotatable bonds is 4. The van der Waals surface area contributed by atoms with Gasteiger partial charge in [-0.1, -0.05) is 0 Å². The first-order valence-electron chi connectivity index (χ1n) is 6.99. The van der Waals surface area contributed by atoms with Crippen molar-refractivity contribution in [2.24, 2.45) is 0 Å². The zero-order valence-corrected chi connectivity index (χ0v) is 12.2. The van der Waals surface area contributed by atoms with Crippen LogP contribution in [0.15, 0.2) is 18.2 Å². The molecule has 0 spiro atoms. The van der Waals surface area contributed by atoms with Crippen molar-refractivity contribution in [3.8, 4) is 0 Å². The minimum absolute atomic E-state index is 0.0773. The van der Waals surface area contributed by atoms with Gasteiger partial charge in [0.05, 0.1) is 22.8 Å². The summed E-state index contributed by atoms with van der Waals surface area (Å²) in [6, 6.07) is 3.83. The predicted octanol–water partition coefficient (Wildman–Crippen LogP) is 1.63. The summed E-state index contributed by atoms with van der Waals surface area (Å²) in [6.45, 7) is 6.40. The number of benzene rings is 1. The Morgan fingerprint density at radius 3 is 2.76 bits per heavy atom. The van der Waals surface area contributed by atoms with Crippen molar-refractivity contribution in [2.75, 3.05) is 31.1 Å². The zero-order valence-electron chi connectivity index (χ0n) is 12.2. The first-order chi connectivity index (χ1) is 9.88. The number of hydrogen-bond donors (Lipinski definition) is 1. The number of piperazine rings is 1. The number of aliphatic hydroxyl groups is 1. The molecule has 1 saturated heterocycles. The van der Waals surface area contributed by atoms with E-state index >= 15 is 0 Å². The number of nitro groups is 1. The van der Waals surface area contributed by atoms with Crippen LogP contribution in [-0.2, 0) is 0 Å². The molecule has 2 atom stereocenters. The van der Waals surface area contributed by atoms with Crippen molar-refractivity contribution in [1.82, 2.24) is 4.90 Å². The SMILES string of the molecule is CC(O)CN1CCN(c2ccc([N+](=O)[O-])cc2F)C(C)C1. The molecule has 1 aromatic carbocycles. The second kappa shape index (κ2) is 6.36. The number of anilines is 1. The van der Waals surface area contributed by atoms with Gasteiger partial charge in [-0.25, -0.2) is 4.39 Å². The fraction of sp³-hybridized carbons (Fsp3) is 0.571. The summed E-state index contributed by atoms with van der Waals surface area (Å²) in [5, 5.41) is 20.1.